The number of carbonyl (C=O) groups excluding carboxylic acids is 1. The first-order valence-corrected chi connectivity index (χ1v) is 8.49. The van der Waals surface area contributed by atoms with E-state index in [4.69, 9.17) is 4.74 Å². The summed E-state index contributed by atoms with van der Waals surface area (Å²) >= 11 is 0. The standard InChI is InChI=1S/C17H26N4O2/c1-14-11-15(4-5-18-14)21-8-6-20(7-9-21)13-17(22)19-12-16-3-2-10-23-16/h4-5,11,16H,2-3,6-10,12-13H2,1H3,(H,19,22). The Bertz CT molecular complexity index is 523. The molecule has 6 nitrogen and oxygen atoms in total. The van der Waals surface area contributed by atoms with Gasteiger partial charge in [0.05, 0.1) is 12.6 Å². The van der Waals surface area contributed by atoms with Crippen LogP contribution in [0.2, 0.25) is 0 Å². The number of amides is 1. The van der Waals surface area contributed by atoms with Gasteiger partial charge < -0.3 is 15.0 Å². The zero-order chi connectivity index (χ0) is 16.1. The van der Waals surface area contributed by atoms with Gasteiger partial charge in [-0.3, -0.25) is 14.7 Å². The van der Waals surface area contributed by atoms with Crippen LogP contribution in [0, 0.1) is 6.92 Å². The van der Waals surface area contributed by atoms with Crippen molar-refractivity contribution >= 4 is 11.6 Å². The van der Waals surface area contributed by atoms with Gasteiger partial charge in [-0.05, 0) is 31.9 Å². The molecule has 2 aliphatic heterocycles. The molecule has 2 saturated heterocycles. The van der Waals surface area contributed by atoms with Gasteiger partial charge in [0.1, 0.15) is 0 Å². The van der Waals surface area contributed by atoms with E-state index < -0.39 is 0 Å². The number of rotatable bonds is 5. The topological polar surface area (TPSA) is 57.7 Å². The molecule has 0 aromatic carbocycles. The lowest BCUT2D eigenvalue weighted by Gasteiger charge is -2.35. The normalized spacial score (nSPS) is 22.3. The fourth-order valence-corrected chi connectivity index (χ4v) is 3.18. The molecular weight excluding hydrogens is 292 g/mol. The SMILES string of the molecule is Cc1cc(N2CCN(CC(=O)NCC3CCCO3)CC2)ccn1. The zero-order valence-corrected chi connectivity index (χ0v) is 13.8. The highest BCUT2D eigenvalue weighted by Gasteiger charge is 2.20. The molecule has 1 unspecified atom stereocenters. The lowest BCUT2D eigenvalue weighted by atomic mass is 10.2. The van der Waals surface area contributed by atoms with Crippen molar-refractivity contribution in [3.8, 4) is 0 Å². The summed E-state index contributed by atoms with van der Waals surface area (Å²) in [4.78, 5) is 20.9. The molecule has 23 heavy (non-hydrogen) atoms. The van der Waals surface area contributed by atoms with Gasteiger partial charge in [0.15, 0.2) is 0 Å². The van der Waals surface area contributed by atoms with Gasteiger partial charge in [0.25, 0.3) is 0 Å². The third-order valence-corrected chi connectivity index (χ3v) is 4.54. The van der Waals surface area contributed by atoms with Gasteiger partial charge in [0, 0.05) is 56.9 Å². The predicted octanol–water partition coefficient (Wildman–Crippen LogP) is 0.807. The highest BCUT2D eigenvalue weighted by atomic mass is 16.5. The van der Waals surface area contributed by atoms with Crippen molar-refractivity contribution in [3.63, 3.8) is 0 Å². The van der Waals surface area contributed by atoms with Gasteiger partial charge in [0.2, 0.25) is 5.91 Å². The van der Waals surface area contributed by atoms with Crippen LogP contribution in [0.25, 0.3) is 0 Å². The van der Waals surface area contributed by atoms with Crippen LogP contribution in [0.5, 0.6) is 0 Å². The van der Waals surface area contributed by atoms with Crippen LogP contribution in [-0.2, 0) is 9.53 Å². The second-order valence-electron chi connectivity index (χ2n) is 6.36. The lowest BCUT2D eigenvalue weighted by Crippen LogP contribution is -2.50. The van der Waals surface area contributed by atoms with E-state index in [9.17, 15) is 4.79 Å². The summed E-state index contributed by atoms with van der Waals surface area (Å²) in [5.74, 6) is 0.105. The van der Waals surface area contributed by atoms with Crippen molar-refractivity contribution in [2.24, 2.45) is 0 Å². The number of piperazine rings is 1. The Morgan fingerprint density at radius 2 is 2.22 bits per heavy atom. The minimum atomic E-state index is 0.105. The lowest BCUT2D eigenvalue weighted by molar-refractivity contribution is -0.122. The molecule has 2 aliphatic rings. The summed E-state index contributed by atoms with van der Waals surface area (Å²) in [5, 5.41) is 2.99. The quantitative estimate of drug-likeness (QED) is 0.870. The van der Waals surface area contributed by atoms with Crippen LogP contribution >= 0.6 is 0 Å². The maximum atomic E-state index is 12.0. The Balaban J connectivity index is 1.39. The molecule has 6 heteroatoms. The fourth-order valence-electron chi connectivity index (χ4n) is 3.18. The smallest absolute Gasteiger partial charge is 0.234 e. The van der Waals surface area contributed by atoms with E-state index in [0.29, 0.717) is 13.1 Å². The minimum absolute atomic E-state index is 0.105. The molecule has 0 aliphatic carbocycles. The van der Waals surface area contributed by atoms with Gasteiger partial charge in [-0.1, -0.05) is 0 Å². The molecule has 2 fully saturated rings. The molecule has 1 N–H and O–H groups in total. The van der Waals surface area contributed by atoms with Crippen LogP contribution in [0.4, 0.5) is 5.69 Å². The number of nitrogens with one attached hydrogen (secondary N) is 1. The highest BCUT2D eigenvalue weighted by molar-refractivity contribution is 5.78. The summed E-state index contributed by atoms with van der Waals surface area (Å²) in [5.41, 5.74) is 2.26. The molecule has 1 aromatic heterocycles. The Kier molecular flexibility index (Phi) is 5.46. The molecule has 126 valence electrons. The summed E-state index contributed by atoms with van der Waals surface area (Å²) in [7, 11) is 0. The molecule has 3 heterocycles. The maximum absolute atomic E-state index is 12.0. The fraction of sp³-hybridized carbons (Fsp3) is 0.647. The van der Waals surface area contributed by atoms with Crippen molar-refractivity contribution in [3.05, 3.63) is 24.0 Å². The van der Waals surface area contributed by atoms with E-state index in [1.165, 1.54) is 5.69 Å². The second kappa shape index (κ2) is 7.75. The van der Waals surface area contributed by atoms with Crippen molar-refractivity contribution in [2.45, 2.75) is 25.9 Å². The third-order valence-electron chi connectivity index (χ3n) is 4.54. The Hall–Kier alpha value is -1.66. The average molecular weight is 318 g/mol. The Morgan fingerprint density at radius 3 is 2.91 bits per heavy atom. The number of hydrogen-bond donors (Lipinski definition) is 1. The van der Waals surface area contributed by atoms with E-state index in [2.05, 4.69) is 32.2 Å². The molecule has 1 amide bonds. The van der Waals surface area contributed by atoms with E-state index in [1.54, 1.807) is 0 Å². The first kappa shape index (κ1) is 16.2. The summed E-state index contributed by atoms with van der Waals surface area (Å²) in [6.45, 7) is 7.69. The van der Waals surface area contributed by atoms with E-state index in [-0.39, 0.29) is 12.0 Å². The van der Waals surface area contributed by atoms with Crippen LogP contribution in [0.1, 0.15) is 18.5 Å². The molecule has 0 radical (unpaired) electrons. The van der Waals surface area contributed by atoms with E-state index in [1.807, 2.05) is 13.1 Å². The number of aromatic nitrogens is 1. The Morgan fingerprint density at radius 1 is 1.39 bits per heavy atom. The largest absolute Gasteiger partial charge is 0.376 e. The maximum Gasteiger partial charge on any atom is 0.234 e. The first-order valence-electron chi connectivity index (χ1n) is 8.49. The molecule has 0 bridgehead atoms. The van der Waals surface area contributed by atoms with E-state index in [0.717, 1.165) is 51.3 Å². The number of aryl methyl sites for hydroxylation is 1. The van der Waals surface area contributed by atoms with Crippen molar-refractivity contribution < 1.29 is 9.53 Å². The summed E-state index contributed by atoms with van der Waals surface area (Å²) in [6.07, 6.45) is 4.24. The average Bonchev–Trinajstić information content (AvgIpc) is 3.07. The molecule has 3 rings (SSSR count). The van der Waals surface area contributed by atoms with E-state index >= 15 is 0 Å². The number of hydrogen-bond acceptors (Lipinski definition) is 5. The van der Waals surface area contributed by atoms with Gasteiger partial charge in [-0.15, -0.1) is 0 Å². The molecular formula is C17H26N4O2. The molecule has 0 saturated carbocycles. The highest BCUT2D eigenvalue weighted by Crippen LogP contribution is 2.16. The number of carbonyl (C=O) groups is 1. The summed E-state index contributed by atoms with van der Waals surface area (Å²) < 4.78 is 5.53. The monoisotopic (exact) mass is 318 g/mol. The molecule has 1 atom stereocenters. The summed E-state index contributed by atoms with van der Waals surface area (Å²) in [6, 6.07) is 4.17. The zero-order valence-electron chi connectivity index (χ0n) is 13.8. The third kappa shape index (κ3) is 4.65. The molecule has 1 aromatic rings. The van der Waals surface area contributed by atoms with Crippen molar-refractivity contribution in [2.75, 3.05) is 50.8 Å². The Labute approximate surface area is 137 Å². The molecule has 0 spiro atoms. The van der Waals surface area contributed by atoms with Crippen LogP contribution in [0.3, 0.4) is 0 Å². The predicted molar refractivity (Wildman–Crippen MR) is 89.6 cm³/mol. The van der Waals surface area contributed by atoms with Crippen LogP contribution in [0.15, 0.2) is 18.3 Å². The van der Waals surface area contributed by atoms with Crippen molar-refractivity contribution in [1.82, 2.24) is 15.2 Å². The minimum Gasteiger partial charge on any atom is -0.376 e. The van der Waals surface area contributed by atoms with Crippen molar-refractivity contribution in [1.29, 1.82) is 0 Å². The van der Waals surface area contributed by atoms with Gasteiger partial charge >= 0.3 is 0 Å². The second-order valence-corrected chi connectivity index (χ2v) is 6.36. The number of ether oxygens (including phenoxy) is 1. The number of pyridine rings is 1. The van der Waals surface area contributed by atoms with Crippen LogP contribution in [-0.4, -0.2) is 67.8 Å². The van der Waals surface area contributed by atoms with Gasteiger partial charge in [-0.25, -0.2) is 0 Å². The first-order chi connectivity index (χ1) is 11.2. The number of anilines is 1. The van der Waals surface area contributed by atoms with Crippen LogP contribution < -0.4 is 10.2 Å². The van der Waals surface area contributed by atoms with Gasteiger partial charge in [-0.2, -0.15) is 0 Å². The number of nitrogens with zero attached hydrogens (tertiary/aromatic N) is 3.